The highest BCUT2D eigenvalue weighted by Gasteiger charge is 2.10. The van der Waals surface area contributed by atoms with Crippen LogP contribution < -0.4 is 0 Å². The van der Waals surface area contributed by atoms with Crippen LogP contribution in [-0.2, 0) is 17.8 Å². The Bertz CT molecular complexity index is 349. The first kappa shape index (κ1) is 13.1. The quantitative estimate of drug-likeness (QED) is 0.778. The van der Waals surface area contributed by atoms with Crippen LogP contribution in [0.4, 0.5) is 0 Å². The smallest absolute Gasteiger partial charge is 0.236 e. The Morgan fingerprint density at radius 1 is 1.44 bits per heavy atom. The van der Waals surface area contributed by atoms with Gasteiger partial charge in [0.2, 0.25) is 5.91 Å². The van der Waals surface area contributed by atoms with Gasteiger partial charge < -0.3 is 4.90 Å². The molecule has 16 heavy (non-hydrogen) atoms. The van der Waals surface area contributed by atoms with Gasteiger partial charge in [0, 0.05) is 26.0 Å². The summed E-state index contributed by atoms with van der Waals surface area (Å²) in [6.45, 7) is 3.27. The van der Waals surface area contributed by atoms with Crippen molar-refractivity contribution in [2.24, 2.45) is 0 Å². The van der Waals surface area contributed by atoms with E-state index >= 15 is 0 Å². The van der Waals surface area contributed by atoms with Crippen molar-refractivity contribution in [1.29, 1.82) is 0 Å². The van der Waals surface area contributed by atoms with Crippen LogP contribution in [0.1, 0.15) is 17.6 Å². The van der Waals surface area contributed by atoms with Crippen LogP contribution in [0.25, 0.3) is 0 Å². The Morgan fingerprint density at radius 3 is 2.62 bits per heavy atom. The fraction of sp³-hybridized carbons (Fsp3) is 0.636. The number of aryl methyl sites for hydroxylation is 1. The zero-order valence-electron chi connectivity index (χ0n) is 10.4. The van der Waals surface area contributed by atoms with E-state index in [0.717, 1.165) is 23.7 Å². The number of hydrogen-bond donors (Lipinski definition) is 0. The third-order valence-electron chi connectivity index (χ3n) is 2.24. The van der Waals surface area contributed by atoms with Gasteiger partial charge in [-0.15, -0.1) is 11.3 Å². The van der Waals surface area contributed by atoms with Crippen molar-refractivity contribution in [3.63, 3.8) is 0 Å². The molecule has 1 aromatic heterocycles. The molecule has 1 amide bonds. The third kappa shape index (κ3) is 3.90. The summed E-state index contributed by atoms with van der Waals surface area (Å²) in [5.74, 6) is 0.119. The van der Waals surface area contributed by atoms with Gasteiger partial charge in [0.1, 0.15) is 0 Å². The van der Waals surface area contributed by atoms with Gasteiger partial charge in [-0.25, -0.2) is 4.98 Å². The van der Waals surface area contributed by atoms with Crippen molar-refractivity contribution >= 4 is 17.2 Å². The lowest BCUT2D eigenvalue weighted by Crippen LogP contribution is -2.34. The molecule has 0 aliphatic heterocycles. The predicted octanol–water partition coefficient (Wildman–Crippen LogP) is 1.23. The zero-order chi connectivity index (χ0) is 12.1. The zero-order valence-corrected chi connectivity index (χ0v) is 11.2. The van der Waals surface area contributed by atoms with Gasteiger partial charge in [-0.1, -0.05) is 6.92 Å². The van der Waals surface area contributed by atoms with Crippen molar-refractivity contribution in [1.82, 2.24) is 14.8 Å². The van der Waals surface area contributed by atoms with Gasteiger partial charge in [-0.3, -0.25) is 9.69 Å². The number of rotatable bonds is 5. The van der Waals surface area contributed by atoms with E-state index in [1.807, 2.05) is 11.9 Å². The molecule has 1 aromatic rings. The molecule has 1 heterocycles. The number of likely N-dealkylation sites (N-methyl/N-ethyl adjacent to an activating group) is 2. The van der Waals surface area contributed by atoms with Crippen LogP contribution >= 0.6 is 11.3 Å². The van der Waals surface area contributed by atoms with E-state index in [4.69, 9.17) is 0 Å². The third-order valence-corrected chi connectivity index (χ3v) is 3.28. The summed E-state index contributed by atoms with van der Waals surface area (Å²) in [4.78, 5) is 19.5. The first-order chi connectivity index (χ1) is 7.52. The van der Waals surface area contributed by atoms with Crippen molar-refractivity contribution in [2.45, 2.75) is 19.9 Å². The average Bonchev–Trinajstić information content (AvgIpc) is 2.65. The van der Waals surface area contributed by atoms with E-state index in [9.17, 15) is 4.79 Å². The maximum absolute atomic E-state index is 11.5. The number of amides is 1. The second-order valence-corrected chi connectivity index (χ2v) is 4.99. The molecule has 0 radical (unpaired) electrons. The molecule has 0 aliphatic carbocycles. The Hall–Kier alpha value is -0.940. The van der Waals surface area contributed by atoms with Crippen LogP contribution in [0, 0.1) is 0 Å². The standard InChI is InChI=1S/C11H19N3OS/c1-5-10-12-9(8-16-10)6-14(4)7-11(15)13(2)3/h8H,5-7H2,1-4H3. The van der Waals surface area contributed by atoms with Crippen molar-refractivity contribution < 1.29 is 4.79 Å². The van der Waals surface area contributed by atoms with Gasteiger partial charge >= 0.3 is 0 Å². The van der Waals surface area contributed by atoms with Crippen LogP contribution in [-0.4, -0.2) is 48.4 Å². The van der Waals surface area contributed by atoms with Gasteiger partial charge in [0.25, 0.3) is 0 Å². The molecule has 0 bridgehead atoms. The largest absolute Gasteiger partial charge is 0.348 e. The molecule has 1 rings (SSSR count). The van der Waals surface area contributed by atoms with E-state index in [1.165, 1.54) is 0 Å². The summed E-state index contributed by atoms with van der Waals surface area (Å²) in [5, 5.41) is 3.22. The maximum atomic E-state index is 11.5. The topological polar surface area (TPSA) is 36.4 Å². The average molecular weight is 241 g/mol. The number of carbonyl (C=O) groups excluding carboxylic acids is 1. The summed E-state index contributed by atoms with van der Waals surface area (Å²) >= 11 is 1.68. The number of aromatic nitrogens is 1. The number of carbonyl (C=O) groups is 1. The number of nitrogens with zero attached hydrogens (tertiary/aromatic N) is 3. The number of hydrogen-bond acceptors (Lipinski definition) is 4. The monoisotopic (exact) mass is 241 g/mol. The highest BCUT2D eigenvalue weighted by Crippen LogP contribution is 2.11. The Balaban J connectivity index is 2.45. The normalized spacial score (nSPS) is 10.8. The van der Waals surface area contributed by atoms with Crippen molar-refractivity contribution in [3.05, 3.63) is 16.1 Å². The lowest BCUT2D eigenvalue weighted by Gasteiger charge is -2.17. The summed E-state index contributed by atoms with van der Waals surface area (Å²) in [7, 11) is 5.48. The highest BCUT2D eigenvalue weighted by molar-refractivity contribution is 7.09. The van der Waals surface area contributed by atoms with Crippen LogP contribution in [0.15, 0.2) is 5.38 Å². The summed E-state index contributed by atoms with van der Waals surface area (Å²) in [6.07, 6.45) is 0.977. The molecule has 0 saturated carbocycles. The second kappa shape index (κ2) is 5.96. The minimum absolute atomic E-state index is 0.119. The van der Waals surface area contributed by atoms with E-state index in [2.05, 4.69) is 17.3 Å². The molecular formula is C11H19N3OS. The van der Waals surface area contributed by atoms with Gasteiger partial charge in [-0.2, -0.15) is 0 Å². The molecular weight excluding hydrogens is 222 g/mol. The molecule has 90 valence electrons. The molecule has 0 spiro atoms. The first-order valence-corrected chi connectivity index (χ1v) is 6.22. The number of thiazole rings is 1. The van der Waals surface area contributed by atoms with E-state index in [1.54, 1.807) is 30.3 Å². The van der Waals surface area contributed by atoms with Crippen molar-refractivity contribution in [3.8, 4) is 0 Å². The van der Waals surface area contributed by atoms with E-state index in [0.29, 0.717) is 6.54 Å². The predicted molar refractivity (Wildman–Crippen MR) is 66.5 cm³/mol. The molecule has 0 aliphatic rings. The molecule has 0 saturated heterocycles. The van der Waals surface area contributed by atoms with Crippen LogP contribution in [0.3, 0.4) is 0 Å². The maximum Gasteiger partial charge on any atom is 0.236 e. The van der Waals surface area contributed by atoms with Crippen molar-refractivity contribution in [2.75, 3.05) is 27.7 Å². The highest BCUT2D eigenvalue weighted by atomic mass is 32.1. The van der Waals surface area contributed by atoms with E-state index < -0.39 is 0 Å². The molecule has 0 fully saturated rings. The fourth-order valence-electron chi connectivity index (χ4n) is 1.29. The summed E-state index contributed by atoms with van der Waals surface area (Å²) < 4.78 is 0. The minimum atomic E-state index is 0.119. The van der Waals surface area contributed by atoms with Gasteiger partial charge in [0.15, 0.2) is 0 Å². The Labute approximate surface area is 101 Å². The molecule has 5 heteroatoms. The van der Waals surface area contributed by atoms with E-state index in [-0.39, 0.29) is 5.91 Å². The fourth-order valence-corrected chi connectivity index (χ4v) is 2.02. The molecule has 0 aromatic carbocycles. The summed E-state index contributed by atoms with van der Waals surface area (Å²) in [5.41, 5.74) is 1.05. The summed E-state index contributed by atoms with van der Waals surface area (Å²) in [6, 6.07) is 0. The van der Waals surface area contributed by atoms with Gasteiger partial charge in [-0.05, 0) is 13.5 Å². The lowest BCUT2D eigenvalue weighted by atomic mass is 10.4. The molecule has 4 nitrogen and oxygen atoms in total. The lowest BCUT2D eigenvalue weighted by molar-refractivity contribution is -0.129. The Kier molecular flexibility index (Phi) is 4.89. The first-order valence-electron chi connectivity index (χ1n) is 5.35. The second-order valence-electron chi connectivity index (χ2n) is 4.05. The SMILES string of the molecule is CCc1nc(CN(C)CC(=O)N(C)C)cs1. The molecule has 0 unspecified atom stereocenters. The molecule has 0 N–H and O–H groups in total. The Morgan fingerprint density at radius 2 is 2.12 bits per heavy atom. The molecule has 0 atom stereocenters. The van der Waals surface area contributed by atoms with Crippen LogP contribution in [0.2, 0.25) is 0 Å². The van der Waals surface area contributed by atoms with Gasteiger partial charge in [0.05, 0.1) is 17.2 Å². The van der Waals surface area contributed by atoms with Crippen LogP contribution in [0.5, 0.6) is 0 Å². The minimum Gasteiger partial charge on any atom is -0.348 e.